The van der Waals surface area contributed by atoms with Gasteiger partial charge in [-0.2, -0.15) is 13.2 Å². The number of hydrogen-bond donors (Lipinski definition) is 1. The zero-order valence-electron chi connectivity index (χ0n) is 11.1. The Labute approximate surface area is 117 Å². The molecule has 1 atom stereocenters. The van der Waals surface area contributed by atoms with Crippen molar-refractivity contribution < 1.29 is 23.0 Å². The first-order valence-electron chi connectivity index (χ1n) is 5.88. The van der Waals surface area contributed by atoms with Crippen molar-refractivity contribution in [3.63, 3.8) is 0 Å². The Morgan fingerprint density at radius 2 is 1.62 bits per heavy atom. The molecular weight excluding hydrogens is 295 g/mol. The molecule has 10 heteroatoms. The topological polar surface area (TPSA) is 98.3 Å². The molecule has 1 rings (SSSR count). The molecule has 0 aromatic heterocycles. The molecule has 116 valence electrons. The molecule has 1 aromatic carbocycles. The maximum absolute atomic E-state index is 12.7. The minimum atomic E-state index is -4.91. The van der Waals surface area contributed by atoms with Gasteiger partial charge in [0.1, 0.15) is 0 Å². The van der Waals surface area contributed by atoms with E-state index in [2.05, 4.69) is 5.32 Å². The smallest absolute Gasteiger partial charge is 0.371 e. The second kappa shape index (κ2) is 5.94. The molecule has 1 N–H and O–H groups in total. The molecule has 0 aliphatic heterocycles. The Balaban J connectivity index is 3.59. The Morgan fingerprint density at radius 1 is 1.19 bits per heavy atom. The van der Waals surface area contributed by atoms with Gasteiger partial charge in [0.05, 0.1) is 15.4 Å². The molecule has 1 aromatic rings. The van der Waals surface area contributed by atoms with Crippen LogP contribution in [0.4, 0.5) is 30.2 Å². The van der Waals surface area contributed by atoms with E-state index in [1.54, 1.807) is 13.8 Å². The van der Waals surface area contributed by atoms with Crippen molar-refractivity contribution in [3.05, 3.63) is 37.9 Å². The molecule has 7 nitrogen and oxygen atoms in total. The summed E-state index contributed by atoms with van der Waals surface area (Å²) in [5, 5.41) is 24.4. The highest BCUT2D eigenvalue weighted by Crippen LogP contribution is 2.41. The number of nitro benzene ring substituents is 2. The van der Waals surface area contributed by atoms with E-state index >= 15 is 0 Å². The first-order valence-corrected chi connectivity index (χ1v) is 5.88. The molecule has 0 amide bonds. The van der Waals surface area contributed by atoms with E-state index in [1.807, 2.05) is 0 Å². The zero-order chi connectivity index (χ0) is 16.4. The maximum atomic E-state index is 12.7. The molecule has 0 heterocycles. The monoisotopic (exact) mass is 307 g/mol. The van der Waals surface area contributed by atoms with Crippen molar-refractivity contribution in [3.8, 4) is 0 Å². The predicted molar refractivity (Wildman–Crippen MR) is 68.1 cm³/mol. The van der Waals surface area contributed by atoms with Crippen LogP contribution < -0.4 is 5.32 Å². The Kier molecular flexibility index (Phi) is 4.71. The quantitative estimate of drug-likeness (QED) is 0.660. The number of alkyl halides is 3. The molecule has 0 saturated carbocycles. The van der Waals surface area contributed by atoms with Gasteiger partial charge in [-0.3, -0.25) is 20.2 Å². The van der Waals surface area contributed by atoms with E-state index in [1.165, 1.54) is 0 Å². The second-order valence-corrected chi connectivity index (χ2v) is 4.36. The van der Waals surface area contributed by atoms with Crippen LogP contribution >= 0.6 is 0 Å². The number of nitrogens with one attached hydrogen (secondary N) is 1. The highest BCUT2D eigenvalue weighted by Gasteiger charge is 2.37. The van der Waals surface area contributed by atoms with Gasteiger partial charge in [0.15, 0.2) is 5.69 Å². The van der Waals surface area contributed by atoms with Crippen molar-refractivity contribution in [2.75, 3.05) is 5.32 Å². The Hall–Kier alpha value is -2.39. The molecule has 0 spiro atoms. The number of benzene rings is 1. The Bertz CT molecular complexity index is 539. The fourth-order valence-corrected chi connectivity index (χ4v) is 1.56. The average molecular weight is 307 g/mol. The van der Waals surface area contributed by atoms with Gasteiger partial charge in [-0.1, -0.05) is 6.92 Å². The molecule has 0 saturated heterocycles. The maximum Gasteiger partial charge on any atom is 0.416 e. The SMILES string of the molecule is CC[C@@H](C)Nc1c([N+](=O)[O-])cc(C(F)(F)F)cc1[N+](=O)[O-]. The van der Waals surface area contributed by atoms with Gasteiger partial charge in [0.25, 0.3) is 11.4 Å². The van der Waals surface area contributed by atoms with Gasteiger partial charge in [-0.05, 0) is 13.3 Å². The normalized spacial score (nSPS) is 12.8. The van der Waals surface area contributed by atoms with Gasteiger partial charge < -0.3 is 5.32 Å². The minimum absolute atomic E-state index is 0.289. The van der Waals surface area contributed by atoms with Crippen LogP contribution in [0.1, 0.15) is 25.8 Å². The standard InChI is InChI=1S/C11H12F3N3O4/c1-3-6(2)15-10-8(16(18)19)4-7(11(12,13)14)5-9(10)17(20)21/h4-6,15H,3H2,1-2H3/t6-/m1/s1. The number of rotatable bonds is 5. The summed E-state index contributed by atoms with van der Waals surface area (Å²) in [6.07, 6.45) is -4.43. The van der Waals surface area contributed by atoms with Gasteiger partial charge in [-0.15, -0.1) is 0 Å². The zero-order valence-corrected chi connectivity index (χ0v) is 11.1. The van der Waals surface area contributed by atoms with Crippen LogP contribution in [0.2, 0.25) is 0 Å². The number of halogens is 3. The third kappa shape index (κ3) is 3.80. The number of nitrogens with zero attached hydrogens (tertiary/aromatic N) is 2. The van der Waals surface area contributed by atoms with E-state index in [0.29, 0.717) is 6.42 Å². The second-order valence-electron chi connectivity index (χ2n) is 4.36. The molecule has 0 bridgehead atoms. The van der Waals surface area contributed by atoms with E-state index in [0.717, 1.165) is 0 Å². The van der Waals surface area contributed by atoms with Crippen LogP contribution in [-0.4, -0.2) is 15.9 Å². The summed E-state index contributed by atoms with van der Waals surface area (Å²) in [5.41, 5.74) is -3.91. The van der Waals surface area contributed by atoms with E-state index in [9.17, 15) is 33.4 Å². The molecule has 0 radical (unpaired) electrons. The molecule has 21 heavy (non-hydrogen) atoms. The van der Waals surface area contributed by atoms with E-state index < -0.39 is 38.6 Å². The first-order chi connectivity index (χ1) is 9.57. The minimum Gasteiger partial charge on any atom is -0.371 e. The summed E-state index contributed by atoms with van der Waals surface area (Å²) in [5.74, 6) is 0. The Morgan fingerprint density at radius 3 is 1.90 bits per heavy atom. The number of hydrogen-bond acceptors (Lipinski definition) is 5. The lowest BCUT2D eigenvalue weighted by molar-refractivity contribution is -0.392. The largest absolute Gasteiger partial charge is 0.416 e. The number of anilines is 1. The summed E-state index contributed by atoms with van der Waals surface area (Å²) >= 11 is 0. The van der Waals surface area contributed by atoms with Crippen LogP contribution in [0.5, 0.6) is 0 Å². The predicted octanol–water partition coefficient (Wildman–Crippen LogP) is 3.73. The lowest BCUT2D eigenvalue weighted by Crippen LogP contribution is -2.17. The fourth-order valence-electron chi connectivity index (χ4n) is 1.56. The summed E-state index contributed by atoms with van der Waals surface area (Å²) in [7, 11) is 0. The van der Waals surface area contributed by atoms with Crippen molar-refractivity contribution in [2.24, 2.45) is 0 Å². The van der Waals surface area contributed by atoms with Crippen molar-refractivity contribution in [2.45, 2.75) is 32.5 Å². The summed E-state index contributed by atoms with van der Waals surface area (Å²) < 4.78 is 38.0. The van der Waals surface area contributed by atoms with Gasteiger partial charge in [0, 0.05) is 18.2 Å². The van der Waals surface area contributed by atoms with Gasteiger partial charge in [-0.25, -0.2) is 0 Å². The van der Waals surface area contributed by atoms with Gasteiger partial charge in [0.2, 0.25) is 0 Å². The van der Waals surface area contributed by atoms with Crippen molar-refractivity contribution in [1.82, 2.24) is 0 Å². The molecule has 0 aliphatic carbocycles. The summed E-state index contributed by atoms with van der Waals surface area (Å²) in [6.45, 7) is 3.32. The highest BCUT2D eigenvalue weighted by atomic mass is 19.4. The van der Waals surface area contributed by atoms with Crippen LogP contribution in [-0.2, 0) is 6.18 Å². The van der Waals surface area contributed by atoms with Crippen LogP contribution in [0, 0.1) is 20.2 Å². The lowest BCUT2D eigenvalue weighted by atomic mass is 10.1. The average Bonchev–Trinajstić information content (AvgIpc) is 2.36. The van der Waals surface area contributed by atoms with Crippen molar-refractivity contribution >= 4 is 17.1 Å². The van der Waals surface area contributed by atoms with E-state index in [-0.39, 0.29) is 18.2 Å². The summed E-state index contributed by atoms with van der Waals surface area (Å²) in [4.78, 5) is 19.7. The van der Waals surface area contributed by atoms with E-state index in [4.69, 9.17) is 0 Å². The molecule has 0 fully saturated rings. The number of nitro groups is 2. The first kappa shape index (κ1) is 16.7. The van der Waals surface area contributed by atoms with Crippen molar-refractivity contribution in [1.29, 1.82) is 0 Å². The van der Waals surface area contributed by atoms with Crippen LogP contribution in [0.3, 0.4) is 0 Å². The molecule has 0 aliphatic rings. The van der Waals surface area contributed by atoms with Gasteiger partial charge >= 0.3 is 6.18 Å². The molecule has 0 unspecified atom stereocenters. The van der Waals surface area contributed by atoms with Crippen LogP contribution in [0.15, 0.2) is 12.1 Å². The third-order valence-electron chi connectivity index (χ3n) is 2.82. The third-order valence-corrected chi connectivity index (χ3v) is 2.82. The highest BCUT2D eigenvalue weighted by molar-refractivity contribution is 5.75. The lowest BCUT2D eigenvalue weighted by Gasteiger charge is -2.15. The van der Waals surface area contributed by atoms with Crippen LogP contribution in [0.25, 0.3) is 0 Å². The summed E-state index contributed by atoms with van der Waals surface area (Å²) in [6, 6.07) is 0.203. The fraction of sp³-hybridized carbons (Fsp3) is 0.455. The molecular formula is C11H12F3N3O4.